The number of sulfonamides is 1. The summed E-state index contributed by atoms with van der Waals surface area (Å²) in [5, 5.41) is 11.1. The zero-order chi connectivity index (χ0) is 21.9. The Labute approximate surface area is 175 Å². The minimum Gasteiger partial charge on any atom is -0.368 e. The zero-order valence-electron chi connectivity index (χ0n) is 16.8. The van der Waals surface area contributed by atoms with Gasteiger partial charge in [-0.2, -0.15) is 0 Å². The van der Waals surface area contributed by atoms with Gasteiger partial charge in [0.05, 0.1) is 16.9 Å². The number of nitro benzene ring substituents is 1. The Morgan fingerprint density at radius 1 is 1.07 bits per heavy atom. The van der Waals surface area contributed by atoms with E-state index >= 15 is 0 Å². The average Bonchev–Trinajstić information content (AvgIpc) is 2.73. The molecule has 1 saturated heterocycles. The molecule has 0 saturated carbocycles. The first-order chi connectivity index (χ1) is 14.2. The van der Waals surface area contributed by atoms with E-state index in [1.54, 1.807) is 4.90 Å². The number of piperazine rings is 1. The van der Waals surface area contributed by atoms with Crippen LogP contribution in [-0.2, 0) is 14.8 Å². The van der Waals surface area contributed by atoms with Crippen LogP contribution in [0.25, 0.3) is 0 Å². The Morgan fingerprint density at radius 3 is 2.27 bits per heavy atom. The van der Waals surface area contributed by atoms with Gasteiger partial charge in [0, 0.05) is 44.0 Å². The summed E-state index contributed by atoms with van der Waals surface area (Å²) in [7, 11) is -3.84. The maximum atomic E-state index is 13.1. The number of para-hydroxylation sites is 1. The van der Waals surface area contributed by atoms with Crippen LogP contribution in [0.5, 0.6) is 0 Å². The summed E-state index contributed by atoms with van der Waals surface area (Å²) in [6.07, 6.45) is 0.989. The van der Waals surface area contributed by atoms with Crippen LogP contribution in [0.3, 0.4) is 0 Å². The number of anilines is 2. The molecule has 0 aliphatic carbocycles. The van der Waals surface area contributed by atoms with Crippen molar-refractivity contribution in [3.63, 3.8) is 0 Å². The van der Waals surface area contributed by atoms with E-state index in [9.17, 15) is 23.3 Å². The molecule has 2 aromatic rings. The van der Waals surface area contributed by atoms with Gasteiger partial charge in [-0.3, -0.25) is 19.2 Å². The van der Waals surface area contributed by atoms with Crippen LogP contribution in [0.4, 0.5) is 17.1 Å². The molecule has 160 valence electrons. The van der Waals surface area contributed by atoms with Crippen LogP contribution in [-0.4, -0.2) is 62.6 Å². The normalized spacial score (nSPS) is 15.5. The summed E-state index contributed by atoms with van der Waals surface area (Å²) in [6, 6.07) is 14.1. The van der Waals surface area contributed by atoms with Gasteiger partial charge in [-0.05, 0) is 25.1 Å². The predicted molar refractivity (Wildman–Crippen MR) is 115 cm³/mol. The predicted octanol–water partition coefficient (Wildman–Crippen LogP) is 2.10. The minimum absolute atomic E-state index is 0.0930. The molecule has 9 nitrogen and oxygen atoms in total. The van der Waals surface area contributed by atoms with Gasteiger partial charge in [0.1, 0.15) is 6.04 Å². The number of carbonyl (C=O) groups excluding carboxylic acids is 1. The number of hydrogen-bond donors (Lipinski definition) is 0. The Balaban J connectivity index is 1.77. The second-order valence-electron chi connectivity index (χ2n) is 7.16. The van der Waals surface area contributed by atoms with Gasteiger partial charge in [-0.15, -0.1) is 0 Å². The highest BCUT2D eigenvalue weighted by Gasteiger charge is 2.34. The fourth-order valence-electron chi connectivity index (χ4n) is 3.63. The average molecular weight is 433 g/mol. The lowest BCUT2D eigenvalue weighted by Crippen LogP contribution is -2.55. The van der Waals surface area contributed by atoms with Crippen LogP contribution in [0.1, 0.15) is 6.92 Å². The Bertz CT molecular complexity index is 1020. The molecule has 1 fully saturated rings. The van der Waals surface area contributed by atoms with E-state index in [0.29, 0.717) is 26.2 Å². The van der Waals surface area contributed by atoms with E-state index in [1.165, 1.54) is 25.1 Å². The van der Waals surface area contributed by atoms with E-state index in [1.807, 2.05) is 30.3 Å². The van der Waals surface area contributed by atoms with E-state index in [-0.39, 0.29) is 17.3 Å². The molecule has 2 aromatic carbocycles. The molecule has 0 unspecified atom stereocenters. The van der Waals surface area contributed by atoms with Crippen LogP contribution in [0.2, 0.25) is 0 Å². The lowest BCUT2D eigenvalue weighted by molar-refractivity contribution is -0.384. The number of amides is 1. The Kier molecular flexibility index (Phi) is 6.25. The zero-order valence-corrected chi connectivity index (χ0v) is 17.7. The smallest absolute Gasteiger partial charge is 0.271 e. The van der Waals surface area contributed by atoms with Gasteiger partial charge in [0.2, 0.25) is 15.9 Å². The molecule has 1 heterocycles. The summed E-state index contributed by atoms with van der Waals surface area (Å²) in [6.45, 7) is 3.71. The number of nitrogens with zero attached hydrogens (tertiary/aromatic N) is 4. The van der Waals surface area contributed by atoms with Gasteiger partial charge in [-0.1, -0.05) is 24.3 Å². The summed E-state index contributed by atoms with van der Waals surface area (Å²) in [5.74, 6) is -0.334. The number of rotatable bonds is 6. The lowest BCUT2D eigenvalue weighted by atomic mass is 10.2. The third-order valence-corrected chi connectivity index (χ3v) is 6.32. The van der Waals surface area contributed by atoms with Crippen LogP contribution >= 0.6 is 0 Å². The second kappa shape index (κ2) is 8.70. The summed E-state index contributed by atoms with van der Waals surface area (Å²) < 4.78 is 25.9. The van der Waals surface area contributed by atoms with Crippen molar-refractivity contribution in [3.8, 4) is 0 Å². The van der Waals surface area contributed by atoms with Gasteiger partial charge in [0.15, 0.2) is 0 Å². The SMILES string of the molecule is C[C@@H](C(=O)N1CCN(c2ccccc2)CC1)N(c1cccc([N+](=O)[O-])c1)S(C)(=O)=O. The fraction of sp³-hybridized carbons (Fsp3) is 0.350. The van der Waals surface area contributed by atoms with E-state index in [2.05, 4.69) is 4.90 Å². The summed E-state index contributed by atoms with van der Waals surface area (Å²) >= 11 is 0. The molecule has 0 spiro atoms. The molecular weight excluding hydrogens is 408 g/mol. The van der Waals surface area contributed by atoms with Gasteiger partial charge >= 0.3 is 0 Å². The first kappa shape index (κ1) is 21.6. The van der Waals surface area contributed by atoms with Crippen molar-refractivity contribution < 1.29 is 18.1 Å². The highest BCUT2D eigenvalue weighted by atomic mass is 32.2. The summed E-state index contributed by atoms with van der Waals surface area (Å²) in [5.41, 5.74) is 0.930. The van der Waals surface area contributed by atoms with Gasteiger partial charge in [0.25, 0.3) is 5.69 Å². The molecule has 3 rings (SSSR count). The molecule has 1 amide bonds. The first-order valence-corrected chi connectivity index (χ1v) is 11.4. The number of benzene rings is 2. The monoisotopic (exact) mass is 432 g/mol. The molecule has 0 aromatic heterocycles. The molecule has 30 heavy (non-hydrogen) atoms. The number of non-ortho nitro benzene ring substituents is 1. The van der Waals surface area contributed by atoms with Crippen molar-refractivity contribution in [1.29, 1.82) is 0 Å². The van der Waals surface area contributed by atoms with Gasteiger partial charge < -0.3 is 9.80 Å². The highest BCUT2D eigenvalue weighted by Crippen LogP contribution is 2.26. The second-order valence-corrected chi connectivity index (χ2v) is 9.02. The topological polar surface area (TPSA) is 104 Å². The largest absolute Gasteiger partial charge is 0.368 e. The molecule has 1 atom stereocenters. The first-order valence-electron chi connectivity index (χ1n) is 9.51. The minimum atomic E-state index is -3.84. The lowest BCUT2D eigenvalue weighted by Gasteiger charge is -2.39. The van der Waals surface area contributed by atoms with E-state index in [0.717, 1.165) is 22.3 Å². The molecule has 0 N–H and O–H groups in total. The molecular formula is C20H24N4O5S. The standard InChI is InChI=1S/C20H24N4O5S/c1-16(23(30(2,28)29)18-9-6-10-19(15-18)24(26)27)20(25)22-13-11-21(12-14-22)17-7-4-3-5-8-17/h3-10,15-16H,11-14H2,1-2H3/t16-/m0/s1. The van der Waals surface area contributed by atoms with Crippen molar-refractivity contribution >= 4 is 33.0 Å². The van der Waals surface area contributed by atoms with E-state index in [4.69, 9.17) is 0 Å². The number of hydrogen-bond acceptors (Lipinski definition) is 6. The number of carbonyl (C=O) groups is 1. The maximum Gasteiger partial charge on any atom is 0.271 e. The third-order valence-electron chi connectivity index (χ3n) is 5.07. The number of nitro groups is 1. The molecule has 1 aliphatic rings. The van der Waals surface area contributed by atoms with Crippen LogP contribution < -0.4 is 9.21 Å². The van der Waals surface area contributed by atoms with Crippen LogP contribution in [0, 0.1) is 10.1 Å². The van der Waals surface area contributed by atoms with Crippen LogP contribution in [0.15, 0.2) is 54.6 Å². The Morgan fingerprint density at radius 2 is 1.70 bits per heavy atom. The van der Waals surface area contributed by atoms with E-state index < -0.39 is 21.0 Å². The summed E-state index contributed by atoms with van der Waals surface area (Å²) in [4.78, 5) is 27.4. The molecule has 0 bridgehead atoms. The van der Waals surface area contributed by atoms with Crippen molar-refractivity contribution in [1.82, 2.24) is 4.90 Å². The molecule has 10 heteroatoms. The maximum absolute atomic E-state index is 13.1. The Hall–Kier alpha value is -3.14. The molecule has 1 aliphatic heterocycles. The third kappa shape index (κ3) is 4.70. The fourth-order valence-corrected chi connectivity index (χ4v) is 4.80. The highest BCUT2D eigenvalue weighted by molar-refractivity contribution is 7.92. The quantitative estimate of drug-likeness (QED) is 0.511. The van der Waals surface area contributed by atoms with Crippen molar-refractivity contribution in [3.05, 3.63) is 64.7 Å². The van der Waals surface area contributed by atoms with Crippen molar-refractivity contribution in [2.45, 2.75) is 13.0 Å². The van der Waals surface area contributed by atoms with Crippen molar-refractivity contribution in [2.24, 2.45) is 0 Å². The van der Waals surface area contributed by atoms with Gasteiger partial charge in [-0.25, -0.2) is 8.42 Å². The van der Waals surface area contributed by atoms with Crippen molar-refractivity contribution in [2.75, 3.05) is 41.6 Å². The molecule has 0 radical (unpaired) electrons.